The number of pyridine rings is 1. The van der Waals surface area contributed by atoms with Crippen molar-refractivity contribution in [2.24, 2.45) is 0 Å². The average molecular weight is 273 g/mol. The molecule has 1 aromatic carbocycles. The van der Waals surface area contributed by atoms with Gasteiger partial charge in [-0.1, -0.05) is 12.1 Å². The van der Waals surface area contributed by atoms with Gasteiger partial charge < -0.3 is 11.1 Å². The van der Waals surface area contributed by atoms with Crippen LogP contribution in [0.1, 0.15) is 24.2 Å². The number of hydrogen-bond donors (Lipinski definition) is 2. The zero-order chi connectivity index (χ0) is 14.5. The molecule has 0 saturated heterocycles. The van der Waals surface area contributed by atoms with Gasteiger partial charge in [0.1, 0.15) is 5.82 Å². The van der Waals surface area contributed by atoms with E-state index in [1.165, 1.54) is 18.3 Å². The van der Waals surface area contributed by atoms with E-state index in [1.807, 2.05) is 6.92 Å². The quantitative estimate of drug-likeness (QED) is 0.897. The summed E-state index contributed by atoms with van der Waals surface area (Å²) < 4.78 is 13.1. The predicted molar refractivity (Wildman–Crippen MR) is 75.3 cm³/mol. The number of hydrogen-bond acceptors (Lipinski definition) is 3. The van der Waals surface area contributed by atoms with Crippen molar-refractivity contribution in [3.05, 3.63) is 59.7 Å². The Morgan fingerprint density at radius 3 is 2.85 bits per heavy atom. The Morgan fingerprint density at radius 2 is 2.20 bits per heavy atom. The van der Waals surface area contributed by atoms with E-state index in [0.29, 0.717) is 11.4 Å². The molecule has 104 valence electrons. The highest BCUT2D eigenvalue weighted by Gasteiger charge is 2.11. The maximum atomic E-state index is 13.1. The van der Waals surface area contributed by atoms with Crippen molar-refractivity contribution in [1.29, 1.82) is 0 Å². The molecule has 0 aliphatic carbocycles. The van der Waals surface area contributed by atoms with Gasteiger partial charge in [0, 0.05) is 5.69 Å². The molecule has 0 saturated carbocycles. The van der Waals surface area contributed by atoms with Crippen molar-refractivity contribution in [1.82, 2.24) is 10.3 Å². The molecule has 2 rings (SSSR count). The number of amides is 1. The summed E-state index contributed by atoms with van der Waals surface area (Å²) in [4.78, 5) is 16.0. The fraction of sp³-hybridized carbons (Fsp3) is 0.200. The second-order valence-electron chi connectivity index (χ2n) is 4.60. The molecule has 1 unspecified atom stereocenters. The molecule has 1 aromatic heterocycles. The molecular formula is C15H16FN3O. The van der Waals surface area contributed by atoms with E-state index in [-0.39, 0.29) is 24.2 Å². The van der Waals surface area contributed by atoms with Crippen molar-refractivity contribution >= 4 is 11.6 Å². The topological polar surface area (TPSA) is 68.0 Å². The second-order valence-corrected chi connectivity index (χ2v) is 4.60. The number of anilines is 1. The standard InChI is InChI=1S/C15H16FN3O/c1-10(11-3-2-4-12(16)7-11)19-15(20)8-14-6-5-13(17)9-18-14/h2-7,9-10H,8,17H2,1H3,(H,19,20). The van der Waals surface area contributed by atoms with E-state index >= 15 is 0 Å². The van der Waals surface area contributed by atoms with Gasteiger partial charge in [-0.15, -0.1) is 0 Å². The molecule has 0 spiro atoms. The lowest BCUT2D eigenvalue weighted by molar-refractivity contribution is -0.121. The highest BCUT2D eigenvalue weighted by Crippen LogP contribution is 2.13. The predicted octanol–water partition coefficient (Wildman–Crippen LogP) is 2.22. The van der Waals surface area contributed by atoms with Crippen LogP contribution >= 0.6 is 0 Å². The first kappa shape index (κ1) is 14.0. The minimum atomic E-state index is -0.316. The third-order valence-corrected chi connectivity index (χ3v) is 2.92. The van der Waals surface area contributed by atoms with Crippen molar-refractivity contribution in [3.63, 3.8) is 0 Å². The maximum Gasteiger partial charge on any atom is 0.226 e. The number of nitrogens with one attached hydrogen (secondary N) is 1. The lowest BCUT2D eigenvalue weighted by Gasteiger charge is -2.14. The zero-order valence-corrected chi connectivity index (χ0v) is 11.1. The van der Waals surface area contributed by atoms with Gasteiger partial charge >= 0.3 is 0 Å². The SMILES string of the molecule is CC(NC(=O)Cc1ccc(N)cn1)c1cccc(F)c1. The van der Waals surface area contributed by atoms with Crippen LogP contribution in [0.4, 0.5) is 10.1 Å². The molecule has 2 aromatic rings. The Bertz CT molecular complexity index is 598. The highest BCUT2D eigenvalue weighted by atomic mass is 19.1. The lowest BCUT2D eigenvalue weighted by atomic mass is 10.1. The molecular weight excluding hydrogens is 257 g/mol. The Labute approximate surface area is 116 Å². The Balaban J connectivity index is 1.95. The van der Waals surface area contributed by atoms with Gasteiger partial charge in [-0.25, -0.2) is 4.39 Å². The lowest BCUT2D eigenvalue weighted by Crippen LogP contribution is -2.28. The van der Waals surface area contributed by atoms with Gasteiger partial charge in [0.15, 0.2) is 0 Å². The minimum Gasteiger partial charge on any atom is -0.397 e. The van der Waals surface area contributed by atoms with E-state index in [2.05, 4.69) is 10.3 Å². The summed E-state index contributed by atoms with van der Waals surface area (Å²) in [6, 6.07) is 9.33. The van der Waals surface area contributed by atoms with Crippen LogP contribution in [0.3, 0.4) is 0 Å². The van der Waals surface area contributed by atoms with Crippen molar-refractivity contribution < 1.29 is 9.18 Å². The Kier molecular flexibility index (Phi) is 4.30. The van der Waals surface area contributed by atoms with Crippen LogP contribution in [0.2, 0.25) is 0 Å². The molecule has 0 aliphatic rings. The molecule has 0 fully saturated rings. The Hall–Kier alpha value is -2.43. The first-order valence-corrected chi connectivity index (χ1v) is 6.30. The number of halogens is 1. The van der Waals surface area contributed by atoms with Crippen LogP contribution in [-0.4, -0.2) is 10.9 Å². The molecule has 0 aliphatic heterocycles. The van der Waals surface area contributed by atoms with Gasteiger partial charge in [0.05, 0.1) is 24.3 Å². The molecule has 1 amide bonds. The molecule has 1 atom stereocenters. The van der Waals surface area contributed by atoms with Crippen LogP contribution < -0.4 is 11.1 Å². The summed E-state index contributed by atoms with van der Waals surface area (Å²) >= 11 is 0. The largest absolute Gasteiger partial charge is 0.397 e. The first-order valence-electron chi connectivity index (χ1n) is 6.30. The van der Waals surface area contributed by atoms with Crippen molar-refractivity contribution in [2.75, 3.05) is 5.73 Å². The van der Waals surface area contributed by atoms with Crippen molar-refractivity contribution in [3.8, 4) is 0 Å². The summed E-state index contributed by atoms with van der Waals surface area (Å²) in [7, 11) is 0. The van der Waals surface area contributed by atoms with Crippen LogP contribution in [0.25, 0.3) is 0 Å². The number of nitrogens with two attached hydrogens (primary N) is 1. The first-order chi connectivity index (χ1) is 9.54. The fourth-order valence-corrected chi connectivity index (χ4v) is 1.86. The van der Waals surface area contributed by atoms with E-state index < -0.39 is 0 Å². The van der Waals surface area contributed by atoms with Crippen LogP contribution in [-0.2, 0) is 11.2 Å². The maximum absolute atomic E-state index is 13.1. The summed E-state index contributed by atoms with van der Waals surface area (Å²) in [5, 5.41) is 2.81. The Morgan fingerprint density at radius 1 is 1.40 bits per heavy atom. The molecule has 20 heavy (non-hydrogen) atoms. The fourth-order valence-electron chi connectivity index (χ4n) is 1.86. The van der Waals surface area contributed by atoms with E-state index in [1.54, 1.807) is 24.3 Å². The molecule has 1 heterocycles. The number of carbonyl (C=O) groups excluding carboxylic acids is 1. The van der Waals surface area contributed by atoms with Gasteiger partial charge in [-0.05, 0) is 36.8 Å². The zero-order valence-electron chi connectivity index (χ0n) is 11.1. The van der Waals surface area contributed by atoms with Gasteiger partial charge in [-0.3, -0.25) is 9.78 Å². The number of nitrogens with zero attached hydrogens (tertiary/aromatic N) is 1. The van der Waals surface area contributed by atoms with E-state index in [0.717, 1.165) is 5.56 Å². The van der Waals surface area contributed by atoms with E-state index in [4.69, 9.17) is 5.73 Å². The number of nitrogen functional groups attached to an aromatic ring is 1. The van der Waals surface area contributed by atoms with Crippen molar-refractivity contribution in [2.45, 2.75) is 19.4 Å². The molecule has 4 nitrogen and oxygen atoms in total. The summed E-state index contributed by atoms with van der Waals surface area (Å²) in [6.07, 6.45) is 1.68. The molecule has 0 bridgehead atoms. The number of carbonyl (C=O) groups is 1. The molecule has 0 radical (unpaired) electrons. The van der Waals surface area contributed by atoms with Gasteiger partial charge in [-0.2, -0.15) is 0 Å². The smallest absolute Gasteiger partial charge is 0.226 e. The number of aromatic nitrogens is 1. The second kappa shape index (κ2) is 6.14. The van der Waals surface area contributed by atoms with E-state index in [9.17, 15) is 9.18 Å². The molecule has 5 heteroatoms. The summed E-state index contributed by atoms with van der Waals surface area (Å²) in [6.45, 7) is 1.81. The van der Waals surface area contributed by atoms with Crippen LogP contribution in [0.5, 0.6) is 0 Å². The average Bonchev–Trinajstić information content (AvgIpc) is 2.41. The summed E-state index contributed by atoms with van der Waals surface area (Å²) in [5.74, 6) is -0.483. The minimum absolute atomic E-state index is 0.167. The highest BCUT2D eigenvalue weighted by molar-refractivity contribution is 5.78. The number of rotatable bonds is 4. The normalized spacial score (nSPS) is 11.9. The van der Waals surface area contributed by atoms with Gasteiger partial charge in [0.25, 0.3) is 0 Å². The van der Waals surface area contributed by atoms with Crippen LogP contribution in [0.15, 0.2) is 42.6 Å². The third kappa shape index (κ3) is 3.78. The molecule has 3 N–H and O–H groups in total. The van der Waals surface area contributed by atoms with Crippen LogP contribution in [0, 0.1) is 5.82 Å². The number of benzene rings is 1. The summed E-state index contributed by atoms with van der Waals surface area (Å²) in [5.41, 5.74) is 7.45. The third-order valence-electron chi connectivity index (χ3n) is 2.92. The monoisotopic (exact) mass is 273 g/mol. The van der Waals surface area contributed by atoms with Gasteiger partial charge in [0.2, 0.25) is 5.91 Å².